The van der Waals surface area contributed by atoms with Gasteiger partial charge in [-0.3, -0.25) is 18.0 Å². The van der Waals surface area contributed by atoms with Crippen molar-refractivity contribution in [2.45, 2.75) is 0 Å². The SMILES string of the molecule is CO[S@](=O)OCC(=O)C(=O)COO[S@@](C)=O. The Kier molecular flexibility index (Phi) is 8.33. The number of ketones is 2. The third-order valence-corrected chi connectivity index (χ3v) is 1.94. The molecule has 0 N–H and O–H groups in total. The predicted octanol–water partition coefficient (Wildman–Crippen LogP) is -1.39. The highest BCUT2D eigenvalue weighted by molar-refractivity contribution is 7.79. The number of carbonyl (C=O) groups is 2. The zero-order chi connectivity index (χ0) is 12.6. The summed E-state index contributed by atoms with van der Waals surface area (Å²) >= 11 is -3.76. The molecule has 0 aromatic heterocycles. The van der Waals surface area contributed by atoms with Gasteiger partial charge in [0, 0.05) is 6.26 Å². The van der Waals surface area contributed by atoms with E-state index in [1.807, 2.05) is 0 Å². The Labute approximate surface area is 96.6 Å². The van der Waals surface area contributed by atoms with E-state index in [1.165, 1.54) is 6.26 Å². The van der Waals surface area contributed by atoms with Gasteiger partial charge in [-0.1, -0.05) is 0 Å². The summed E-state index contributed by atoms with van der Waals surface area (Å²) in [6, 6.07) is 0. The molecular weight excluding hydrogens is 264 g/mol. The van der Waals surface area contributed by atoms with E-state index in [1.54, 1.807) is 0 Å². The van der Waals surface area contributed by atoms with E-state index in [4.69, 9.17) is 0 Å². The molecule has 0 bridgehead atoms. The van der Waals surface area contributed by atoms with Crippen molar-refractivity contribution in [2.75, 3.05) is 26.6 Å². The third-order valence-electron chi connectivity index (χ3n) is 1.07. The van der Waals surface area contributed by atoms with Gasteiger partial charge in [0.05, 0.1) is 7.11 Å². The minimum absolute atomic E-state index is 0.693. The Hall–Kier alpha value is -0.520. The topological polar surface area (TPSA) is 105 Å². The molecule has 0 aliphatic heterocycles. The molecular formula is C6H10O8S2. The second-order valence-corrected chi connectivity index (χ2v) is 4.13. The zero-order valence-electron chi connectivity index (χ0n) is 8.50. The van der Waals surface area contributed by atoms with Crippen LogP contribution in [0, 0.1) is 0 Å². The van der Waals surface area contributed by atoms with Gasteiger partial charge in [-0.2, -0.15) is 4.21 Å². The van der Waals surface area contributed by atoms with Crippen LogP contribution in [0.2, 0.25) is 0 Å². The molecule has 0 saturated heterocycles. The van der Waals surface area contributed by atoms with Gasteiger partial charge < -0.3 is 0 Å². The fourth-order valence-electron chi connectivity index (χ4n) is 0.456. The lowest BCUT2D eigenvalue weighted by atomic mass is 10.3. The standard InChI is InChI=1S/C6H10O8S2/c1-11-16(10)13-4-6(8)5(7)3-12-14-15(2)9/h3-4H2,1-2H3/t15-,16-/m0/s1. The van der Waals surface area contributed by atoms with E-state index < -0.39 is 47.2 Å². The molecule has 16 heavy (non-hydrogen) atoms. The molecule has 0 aromatic rings. The van der Waals surface area contributed by atoms with Crippen molar-refractivity contribution in [3.05, 3.63) is 0 Å². The molecule has 0 radical (unpaired) electrons. The van der Waals surface area contributed by atoms with Crippen LogP contribution >= 0.6 is 0 Å². The van der Waals surface area contributed by atoms with Crippen LogP contribution in [0.15, 0.2) is 0 Å². The molecule has 0 rings (SSSR count). The Morgan fingerprint density at radius 1 is 1.12 bits per heavy atom. The molecule has 94 valence electrons. The first-order valence-electron chi connectivity index (χ1n) is 3.76. The number of rotatable bonds is 9. The van der Waals surface area contributed by atoms with Crippen LogP contribution in [0.25, 0.3) is 0 Å². The Bertz CT molecular complexity index is 301. The summed E-state index contributed by atoms with van der Waals surface area (Å²) in [5.41, 5.74) is 0. The molecule has 0 aliphatic rings. The van der Waals surface area contributed by atoms with Crippen LogP contribution in [-0.4, -0.2) is 46.6 Å². The molecule has 0 amide bonds. The molecule has 8 nitrogen and oxygen atoms in total. The van der Waals surface area contributed by atoms with Crippen molar-refractivity contribution in [1.29, 1.82) is 0 Å². The van der Waals surface area contributed by atoms with Crippen LogP contribution in [-0.2, 0) is 49.6 Å². The highest BCUT2D eigenvalue weighted by Crippen LogP contribution is 1.90. The first kappa shape index (κ1) is 15.5. The van der Waals surface area contributed by atoms with Crippen molar-refractivity contribution >= 4 is 34.0 Å². The minimum Gasteiger partial charge on any atom is -0.288 e. The van der Waals surface area contributed by atoms with Gasteiger partial charge in [-0.15, -0.1) is 4.33 Å². The van der Waals surface area contributed by atoms with Crippen molar-refractivity contribution < 1.29 is 35.6 Å². The van der Waals surface area contributed by atoms with Crippen LogP contribution in [0.4, 0.5) is 0 Å². The second kappa shape index (κ2) is 8.61. The normalized spacial score (nSPS) is 14.4. The number of Topliss-reactive ketones (excluding diaryl/α,β-unsaturated/α-hetero) is 2. The van der Waals surface area contributed by atoms with Gasteiger partial charge in [0.2, 0.25) is 11.6 Å². The van der Waals surface area contributed by atoms with Crippen LogP contribution in [0.1, 0.15) is 0 Å². The molecule has 2 atom stereocenters. The zero-order valence-corrected chi connectivity index (χ0v) is 10.1. The van der Waals surface area contributed by atoms with Gasteiger partial charge in [0.15, 0.2) is 11.1 Å². The summed E-state index contributed by atoms with van der Waals surface area (Å²) in [5, 5.41) is 0. The summed E-state index contributed by atoms with van der Waals surface area (Å²) < 4.78 is 33.5. The Morgan fingerprint density at radius 3 is 2.19 bits per heavy atom. The van der Waals surface area contributed by atoms with E-state index in [0.29, 0.717) is 0 Å². The molecule has 10 heteroatoms. The minimum atomic E-state index is -2.07. The van der Waals surface area contributed by atoms with Crippen molar-refractivity contribution in [3.8, 4) is 0 Å². The number of hydrogen-bond acceptors (Lipinski definition) is 8. The Balaban J connectivity index is 3.78. The molecule has 0 aromatic carbocycles. The van der Waals surface area contributed by atoms with Crippen LogP contribution < -0.4 is 0 Å². The van der Waals surface area contributed by atoms with E-state index in [-0.39, 0.29) is 0 Å². The van der Waals surface area contributed by atoms with Gasteiger partial charge >= 0.3 is 11.4 Å². The fourth-order valence-corrected chi connectivity index (χ4v) is 0.939. The second-order valence-electron chi connectivity index (χ2n) is 2.21. The molecule has 0 saturated carbocycles. The molecule has 0 unspecified atom stereocenters. The van der Waals surface area contributed by atoms with Crippen molar-refractivity contribution in [1.82, 2.24) is 0 Å². The van der Waals surface area contributed by atoms with E-state index in [9.17, 15) is 18.0 Å². The van der Waals surface area contributed by atoms with E-state index in [0.717, 1.165) is 7.11 Å². The average molecular weight is 274 g/mol. The van der Waals surface area contributed by atoms with Crippen molar-refractivity contribution in [3.63, 3.8) is 0 Å². The summed E-state index contributed by atoms with van der Waals surface area (Å²) in [6.07, 6.45) is 1.18. The fraction of sp³-hybridized carbons (Fsp3) is 0.667. The lowest BCUT2D eigenvalue weighted by molar-refractivity contribution is -0.197. The molecule has 0 heterocycles. The quantitative estimate of drug-likeness (QED) is 0.287. The third kappa shape index (κ3) is 7.73. The van der Waals surface area contributed by atoms with E-state index in [2.05, 4.69) is 17.6 Å². The lowest BCUT2D eigenvalue weighted by Crippen LogP contribution is -2.25. The van der Waals surface area contributed by atoms with E-state index >= 15 is 0 Å². The monoisotopic (exact) mass is 274 g/mol. The smallest absolute Gasteiger partial charge is 0.288 e. The summed E-state index contributed by atoms with van der Waals surface area (Å²) in [4.78, 5) is 26.1. The van der Waals surface area contributed by atoms with Gasteiger partial charge in [0.25, 0.3) is 0 Å². The maximum Gasteiger partial charge on any atom is 0.304 e. The number of carbonyl (C=O) groups excluding carboxylic acids is 2. The maximum absolute atomic E-state index is 11.0. The average Bonchev–Trinajstić information content (AvgIpc) is 2.24. The van der Waals surface area contributed by atoms with Crippen LogP contribution in [0.5, 0.6) is 0 Å². The van der Waals surface area contributed by atoms with Gasteiger partial charge in [-0.25, -0.2) is 9.10 Å². The summed E-state index contributed by atoms with van der Waals surface area (Å²) in [6.45, 7) is -1.39. The largest absolute Gasteiger partial charge is 0.304 e. The highest BCUT2D eigenvalue weighted by atomic mass is 32.2. The first-order chi connectivity index (χ1) is 7.47. The first-order valence-corrected chi connectivity index (χ1v) is 6.24. The predicted molar refractivity (Wildman–Crippen MR) is 52.2 cm³/mol. The van der Waals surface area contributed by atoms with Crippen LogP contribution in [0.3, 0.4) is 0 Å². The maximum atomic E-state index is 11.0. The molecule has 0 fully saturated rings. The Morgan fingerprint density at radius 2 is 1.69 bits per heavy atom. The van der Waals surface area contributed by atoms with Crippen molar-refractivity contribution in [2.24, 2.45) is 0 Å². The highest BCUT2D eigenvalue weighted by Gasteiger charge is 2.16. The molecule has 0 spiro atoms. The lowest BCUT2D eigenvalue weighted by Gasteiger charge is -2.00. The number of hydrogen-bond donors (Lipinski definition) is 0. The van der Waals surface area contributed by atoms with Gasteiger partial charge in [-0.05, 0) is 0 Å². The van der Waals surface area contributed by atoms with Gasteiger partial charge in [0.1, 0.15) is 13.2 Å². The summed E-state index contributed by atoms with van der Waals surface area (Å²) in [5.74, 6) is -1.92. The summed E-state index contributed by atoms with van der Waals surface area (Å²) in [7, 11) is 1.11. The molecule has 0 aliphatic carbocycles.